The molecule has 1 aliphatic rings. The molecular formula is C14H25NO4. The Bertz CT molecular complexity index is 332. The maximum Gasteiger partial charge on any atom is 0.303 e. The summed E-state index contributed by atoms with van der Waals surface area (Å²) in [5.74, 6) is -0.831. The van der Waals surface area contributed by atoms with Crippen LogP contribution in [-0.4, -0.2) is 35.7 Å². The van der Waals surface area contributed by atoms with E-state index in [1.165, 1.54) is 0 Å². The fraction of sp³-hybridized carbons (Fsp3) is 0.857. The highest BCUT2D eigenvalue weighted by molar-refractivity contribution is 5.84. The van der Waals surface area contributed by atoms with Gasteiger partial charge in [0.05, 0.1) is 0 Å². The van der Waals surface area contributed by atoms with E-state index in [-0.39, 0.29) is 17.7 Å². The molecule has 1 rings (SSSR count). The molecule has 0 saturated carbocycles. The summed E-state index contributed by atoms with van der Waals surface area (Å²) < 4.78 is 5.47. The molecule has 5 heteroatoms. The van der Waals surface area contributed by atoms with Crippen LogP contribution in [0.4, 0.5) is 0 Å². The van der Waals surface area contributed by atoms with E-state index in [2.05, 4.69) is 5.32 Å². The summed E-state index contributed by atoms with van der Waals surface area (Å²) >= 11 is 0. The number of carbonyl (C=O) groups excluding carboxylic acids is 1. The number of ether oxygens (including phenoxy) is 1. The van der Waals surface area contributed by atoms with Gasteiger partial charge in [0.1, 0.15) is 5.60 Å². The first-order valence-corrected chi connectivity index (χ1v) is 6.89. The molecule has 1 fully saturated rings. The predicted molar refractivity (Wildman–Crippen MR) is 71.9 cm³/mol. The van der Waals surface area contributed by atoms with Crippen molar-refractivity contribution in [3.05, 3.63) is 0 Å². The Kier molecular flexibility index (Phi) is 5.35. The minimum atomic E-state index is -0.774. The summed E-state index contributed by atoms with van der Waals surface area (Å²) in [6, 6.07) is 0. The average molecular weight is 271 g/mol. The third kappa shape index (κ3) is 5.19. The lowest BCUT2D eigenvalue weighted by atomic mass is 9.84. The minimum absolute atomic E-state index is 0.0564. The van der Waals surface area contributed by atoms with Crippen molar-refractivity contribution in [1.29, 1.82) is 0 Å². The zero-order valence-corrected chi connectivity index (χ0v) is 12.1. The Morgan fingerprint density at radius 3 is 2.58 bits per heavy atom. The van der Waals surface area contributed by atoms with Crippen LogP contribution in [0.25, 0.3) is 0 Å². The van der Waals surface area contributed by atoms with E-state index >= 15 is 0 Å². The van der Waals surface area contributed by atoms with Gasteiger partial charge in [0.25, 0.3) is 5.91 Å². The lowest BCUT2D eigenvalue weighted by Crippen LogP contribution is -2.44. The summed E-state index contributed by atoms with van der Waals surface area (Å²) in [4.78, 5) is 22.5. The first-order valence-electron chi connectivity index (χ1n) is 6.89. The van der Waals surface area contributed by atoms with Crippen LogP contribution in [0, 0.1) is 5.41 Å². The summed E-state index contributed by atoms with van der Waals surface area (Å²) in [6.07, 6.45) is 3.24. The van der Waals surface area contributed by atoms with Gasteiger partial charge in [-0.2, -0.15) is 0 Å². The molecule has 1 amide bonds. The molecule has 0 spiro atoms. The molecule has 0 aromatic rings. The lowest BCUT2D eigenvalue weighted by molar-refractivity contribution is -0.140. The maximum absolute atomic E-state index is 12.0. The average Bonchev–Trinajstić information content (AvgIpc) is 2.75. The molecule has 1 saturated heterocycles. The van der Waals surface area contributed by atoms with Gasteiger partial charge < -0.3 is 15.2 Å². The van der Waals surface area contributed by atoms with Crippen LogP contribution in [0.15, 0.2) is 0 Å². The number of hydrogen-bond acceptors (Lipinski definition) is 3. The quantitative estimate of drug-likeness (QED) is 0.742. The maximum atomic E-state index is 12.0. The summed E-state index contributed by atoms with van der Waals surface area (Å²) in [5.41, 5.74) is -0.756. The van der Waals surface area contributed by atoms with E-state index in [0.29, 0.717) is 19.6 Å². The molecule has 0 bridgehead atoms. The van der Waals surface area contributed by atoms with Crippen molar-refractivity contribution in [2.24, 2.45) is 5.41 Å². The van der Waals surface area contributed by atoms with E-state index in [1.54, 1.807) is 0 Å². The van der Waals surface area contributed by atoms with Crippen LogP contribution in [0.1, 0.15) is 52.9 Å². The highest BCUT2D eigenvalue weighted by Gasteiger charge is 2.37. The fourth-order valence-electron chi connectivity index (χ4n) is 2.23. The molecule has 2 N–H and O–H groups in total. The van der Waals surface area contributed by atoms with Crippen LogP contribution < -0.4 is 5.32 Å². The zero-order valence-electron chi connectivity index (χ0n) is 12.1. The molecule has 1 heterocycles. The number of rotatable bonds is 7. The molecule has 19 heavy (non-hydrogen) atoms. The van der Waals surface area contributed by atoms with Gasteiger partial charge in [-0.05, 0) is 38.0 Å². The number of nitrogens with one attached hydrogen (secondary N) is 1. The van der Waals surface area contributed by atoms with Crippen LogP contribution in [-0.2, 0) is 14.3 Å². The Labute approximate surface area is 114 Å². The lowest BCUT2D eigenvalue weighted by Gasteiger charge is -2.26. The molecule has 0 aromatic heterocycles. The van der Waals surface area contributed by atoms with Crippen molar-refractivity contribution in [2.75, 3.05) is 13.2 Å². The van der Waals surface area contributed by atoms with Gasteiger partial charge in [-0.15, -0.1) is 0 Å². The van der Waals surface area contributed by atoms with Crippen molar-refractivity contribution in [3.8, 4) is 0 Å². The van der Waals surface area contributed by atoms with Gasteiger partial charge in [0.15, 0.2) is 0 Å². The normalized spacial score (nSPS) is 23.3. The number of carboxylic acids is 1. The number of amides is 1. The van der Waals surface area contributed by atoms with Crippen molar-refractivity contribution < 1.29 is 19.4 Å². The van der Waals surface area contributed by atoms with Crippen molar-refractivity contribution in [3.63, 3.8) is 0 Å². The van der Waals surface area contributed by atoms with Gasteiger partial charge in [-0.3, -0.25) is 9.59 Å². The van der Waals surface area contributed by atoms with Crippen LogP contribution in [0.5, 0.6) is 0 Å². The van der Waals surface area contributed by atoms with Gasteiger partial charge in [-0.25, -0.2) is 0 Å². The highest BCUT2D eigenvalue weighted by Crippen LogP contribution is 2.27. The number of hydrogen-bond donors (Lipinski definition) is 2. The topological polar surface area (TPSA) is 75.6 Å². The predicted octanol–water partition coefficient (Wildman–Crippen LogP) is 1.95. The van der Waals surface area contributed by atoms with E-state index in [0.717, 1.165) is 19.3 Å². The molecule has 0 radical (unpaired) electrons. The van der Waals surface area contributed by atoms with Gasteiger partial charge in [0, 0.05) is 19.6 Å². The standard InChI is InChI=1S/C14H25NO4/c1-13(2,7-5-11(16)17)8-9-15-12(18)14(3)6-4-10-19-14/h4-10H2,1-3H3,(H,15,18)(H,16,17). The van der Waals surface area contributed by atoms with E-state index in [4.69, 9.17) is 9.84 Å². The molecule has 110 valence electrons. The smallest absolute Gasteiger partial charge is 0.303 e. The second-order valence-corrected chi connectivity index (χ2v) is 6.25. The fourth-order valence-corrected chi connectivity index (χ4v) is 2.23. The number of carbonyl (C=O) groups is 2. The Hall–Kier alpha value is -1.10. The van der Waals surface area contributed by atoms with Gasteiger partial charge >= 0.3 is 5.97 Å². The van der Waals surface area contributed by atoms with E-state index in [1.807, 2.05) is 20.8 Å². The van der Waals surface area contributed by atoms with E-state index in [9.17, 15) is 9.59 Å². The van der Waals surface area contributed by atoms with Gasteiger partial charge in [-0.1, -0.05) is 13.8 Å². The van der Waals surface area contributed by atoms with Gasteiger partial charge in [0.2, 0.25) is 0 Å². The third-order valence-corrected chi connectivity index (χ3v) is 3.80. The van der Waals surface area contributed by atoms with Crippen LogP contribution in [0.2, 0.25) is 0 Å². The monoisotopic (exact) mass is 271 g/mol. The second-order valence-electron chi connectivity index (χ2n) is 6.25. The molecule has 5 nitrogen and oxygen atoms in total. The molecule has 1 aliphatic heterocycles. The Morgan fingerprint density at radius 2 is 2.05 bits per heavy atom. The summed E-state index contributed by atoms with van der Waals surface area (Å²) in [5, 5.41) is 11.6. The minimum Gasteiger partial charge on any atom is -0.481 e. The van der Waals surface area contributed by atoms with Crippen LogP contribution in [0.3, 0.4) is 0 Å². The Balaban J connectivity index is 2.29. The summed E-state index contributed by atoms with van der Waals surface area (Å²) in [7, 11) is 0. The van der Waals surface area contributed by atoms with Crippen LogP contribution >= 0.6 is 0 Å². The molecule has 1 unspecified atom stereocenters. The highest BCUT2D eigenvalue weighted by atomic mass is 16.5. The third-order valence-electron chi connectivity index (χ3n) is 3.80. The Morgan fingerprint density at radius 1 is 1.37 bits per heavy atom. The first-order chi connectivity index (χ1) is 8.75. The molecule has 0 aliphatic carbocycles. The largest absolute Gasteiger partial charge is 0.481 e. The number of carboxylic acid groups (broad SMARTS) is 1. The molecular weight excluding hydrogens is 246 g/mol. The second kappa shape index (κ2) is 6.37. The van der Waals surface area contributed by atoms with Crippen molar-refractivity contribution in [1.82, 2.24) is 5.32 Å². The van der Waals surface area contributed by atoms with Crippen molar-refractivity contribution >= 4 is 11.9 Å². The summed E-state index contributed by atoms with van der Waals surface area (Å²) in [6.45, 7) is 7.08. The van der Waals surface area contributed by atoms with E-state index < -0.39 is 11.6 Å². The first kappa shape index (κ1) is 16.0. The zero-order chi connectivity index (χ0) is 14.5. The SMILES string of the molecule is CC(C)(CCNC(=O)C1(C)CCCO1)CCC(=O)O. The number of aliphatic carboxylic acids is 1. The molecule has 1 atom stereocenters. The molecule has 0 aromatic carbocycles. The van der Waals surface area contributed by atoms with Crippen molar-refractivity contribution in [2.45, 2.75) is 58.5 Å².